The Balaban J connectivity index is 1.31. The van der Waals surface area contributed by atoms with E-state index in [9.17, 15) is 35.5 Å². The average Bonchev–Trinajstić information content (AvgIpc) is 3.03. The summed E-state index contributed by atoms with van der Waals surface area (Å²) in [7, 11) is -9.80. The molecule has 0 aromatic heterocycles. The summed E-state index contributed by atoms with van der Waals surface area (Å²) in [5.74, 6) is -1.54. The molecule has 15 nitrogen and oxygen atoms in total. The number of Topliss-reactive ketones (excluding diaryl/α,β-unsaturated/α-hetero) is 2. The minimum absolute atomic E-state index is 0.0986. The molecule has 0 fully saturated rings. The number of hydrogen-bond acceptors (Lipinski definition) is 13. The molecule has 2 aliphatic carbocycles. The second kappa shape index (κ2) is 12.5. The Morgan fingerprint density at radius 3 is 1.33 bits per heavy atom. The average molecular weight is 700 g/mol. The molecule has 0 spiro atoms. The van der Waals surface area contributed by atoms with Crippen LogP contribution in [0.1, 0.15) is 31.8 Å². The number of ketones is 2. The zero-order valence-electron chi connectivity index (χ0n) is 24.9. The molecule has 0 atom stereocenters. The fraction of sp³-hybridized carbons (Fsp3) is 0. The van der Waals surface area contributed by atoms with Crippen LogP contribution in [0, 0.1) is 0 Å². The summed E-state index contributed by atoms with van der Waals surface area (Å²) in [6.45, 7) is 0. The maximum atomic E-state index is 13.3. The van der Waals surface area contributed by atoms with E-state index in [1.54, 1.807) is 36.4 Å². The van der Waals surface area contributed by atoms with Crippen molar-refractivity contribution in [1.82, 2.24) is 0 Å². The molecule has 0 radical (unpaired) electrons. The number of carbonyl (C=O) groups is 2. The van der Waals surface area contributed by atoms with Gasteiger partial charge in [0.05, 0.1) is 11.4 Å². The van der Waals surface area contributed by atoms with Gasteiger partial charge in [-0.3, -0.25) is 29.5 Å². The Labute approximate surface area is 279 Å². The molecule has 17 heteroatoms. The third kappa shape index (κ3) is 6.94. The number of anilines is 6. The molecule has 0 amide bonds. The van der Waals surface area contributed by atoms with E-state index in [1.807, 2.05) is 0 Å². The minimum Gasteiger partial charge on any atom is -0.399 e. The first-order valence-electron chi connectivity index (χ1n) is 14.1. The molecule has 0 heterocycles. The monoisotopic (exact) mass is 699 g/mol. The first-order valence-corrected chi connectivity index (χ1v) is 17.0. The van der Waals surface area contributed by atoms with Gasteiger partial charge in [0.25, 0.3) is 20.2 Å². The summed E-state index contributed by atoms with van der Waals surface area (Å²) in [6, 6.07) is 21.6. The third-order valence-electron chi connectivity index (χ3n) is 7.27. The SMILES string of the molecule is Nc1cccc(NN=C2C(=O)c3ccc(Nc4ccc5c(c4)C=C(S(=O)(=O)O)C(=NNc4cccc(N)c4)C5=O)cc3C=C2S(=O)(=O)O)c1. The summed E-state index contributed by atoms with van der Waals surface area (Å²) in [5.41, 5.74) is 18.4. The lowest BCUT2D eigenvalue weighted by Crippen LogP contribution is -2.27. The van der Waals surface area contributed by atoms with Crippen LogP contribution in [0.4, 0.5) is 34.1 Å². The van der Waals surface area contributed by atoms with E-state index in [2.05, 4.69) is 26.4 Å². The van der Waals surface area contributed by atoms with Crippen molar-refractivity contribution in [2.45, 2.75) is 0 Å². The number of hydrazone groups is 2. The van der Waals surface area contributed by atoms with Gasteiger partial charge in [-0.2, -0.15) is 27.0 Å². The van der Waals surface area contributed by atoms with Crippen molar-refractivity contribution in [2.24, 2.45) is 10.2 Å². The van der Waals surface area contributed by atoms with Crippen LogP contribution < -0.4 is 27.6 Å². The molecular formula is C32H25N7O8S2. The molecule has 4 aromatic carbocycles. The molecule has 49 heavy (non-hydrogen) atoms. The number of nitrogen functional groups attached to an aromatic ring is 2. The van der Waals surface area contributed by atoms with Gasteiger partial charge in [-0.15, -0.1) is 0 Å². The number of hydrogen-bond donors (Lipinski definition) is 7. The predicted octanol–water partition coefficient (Wildman–Crippen LogP) is 4.38. The minimum atomic E-state index is -4.90. The summed E-state index contributed by atoms with van der Waals surface area (Å²) in [6.07, 6.45) is 2.20. The number of fused-ring (bicyclic) bond motifs is 2. The molecule has 0 aliphatic heterocycles. The van der Waals surface area contributed by atoms with Gasteiger partial charge >= 0.3 is 0 Å². The molecule has 6 rings (SSSR count). The largest absolute Gasteiger partial charge is 0.399 e. The van der Waals surface area contributed by atoms with Crippen LogP contribution in [0.3, 0.4) is 0 Å². The molecule has 0 unspecified atom stereocenters. The maximum Gasteiger partial charge on any atom is 0.296 e. The predicted molar refractivity (Wildman–Crippen MR) is 188 cm³/mol. The summed E-state index contributed by atoms with van der Waals surface area (Å²) in [5, 5.41) is 10.9. The van der Waals surface area contributed by atoms with Crippen LogP contribution in [-0.4, -0.2) is 48.9 Å². The Bertz CT molecular complexity index is 2270. The normalized spacial score (nSPS) is 16.0. The van der Waals surface area contributed by atoms with Crippen molar-refractivity contribution in [3.8, 4) is 0 Å². The Kier molecular flexibility index (Phi) is 8.34. The smallest absolute Gasteiger partial charge is 0.296 e. The van der Waals surface area contributed by atoms with Crippen LogP contribution in [0.15, 0.2) is 105 Å². The highest BCUT2D eigenvalue weighted by Crippen LogP contribution is 2.32. The highest BCUT2D eigenvalue weighted by atomic mass is 32.2. The van der Waals surface area contributed by atoms with Gasteiger partial charge in [0.2, 0.25) is 11.6 Å². The summed E-state index contributed by atoms with van der Waals surface area (Å²) < 4.78 is 69.0. The molecule has 0 saturated carbocycles. The highest BCUT2D eigenvalue weighted by Gasteiger charge is 2.34. The van der Waals surface area contributed by atoms with Gasteiger partial charge in [-0.25, -0.2) is 0 Å². The number of nitrogens with one attached hydrogen (secondary N) is 3. The van der Waals surface area contributed by atoms with E-state index in [4.69, 9.17) is 11.5 Å². The van der Waals surface area contributed by atoms with E-state index in [0.717, 1.165) is 12.2 Å². The zero-order valence-corrected chi connectivity index (χ0v) is 26.6. The van der Waals surface area contributed by atoms with Crippen molar-refractivity contribution in [1.29, 1.82) is 0 Å². The first kappa shape index (κ1) is 32.8. The van der Waals surface area contributed by atoms with Crippen molar-refractivity contribution in [3.05, 3.63) is 117 Å². The van der Waals surface area contributed by atoms with Crippen molar-refractivity contribution in [2.75, 3.05) is 27.6 Å². The van der Waals surface area contributed by atoms with Crippen molar-refractivity contribution >= 4 is 89.5 Å². The molecule has 4 aromatic rings. The lowest BCUT2D eigenvalue weighted by atomic mass is 9.93. The quantitative estimate of drug-likeness (QED) is 0.0766. The van der Waals surface area contributed by atoms with Gasteiger partial charge < -0.3 is 16.8 Å². The van der Waals surface area contributed by atoms with E-state index in [1.165, 1.54) is 48.5 Å². The third-order valence-corrected chi connectivity index (χ3v) is 9.01. The standard InChI is InChI=1S/C32H25N7O8S2/c33-19-3-1-5-23(15-19)36-38-29-27(48(42,43)44)13-17-11-21(7-9-25(17)31(29)40)35-22-8-10-26-18(12-22)14-28(49(45,46)47)30(32(26)41)39-37-24-6-2-4-20(34)16-24/h1-16,35-37H,33-34H2,(H,42,43,44)(H,45,46,47). The lowest BCUT2D eigenvalue weighted by Gasteiger charge is -2.19. The van der Waals surface area contributed by atoms with Crippen LogP contribution in [0.2, 0.25) is 0 Å². The van der Waals surface area contributed by atoms with Gasteiger partial charge in [-0.1, -0.05) is 12.1 Å². The summed E-state index contributed by atoms with van der Waals surface area (Å²) >= 11 is 0. The van der Waals surface area contributed by atoms with Gasteiger partial charge in [-0.05, 0) is 96.1 Å². The number of allylic oxidation sites excluding steroid dienone is 2. The molecular weight excluding hydrogens is 675 g/mol. The van der Waals surface area contributed by atoms with E-state index in [-0.39, 0.29) is 22.3 Å². The lowest BCUT2D eigenvalue weighted by molar-refractivity contribution is 0.105. The first-order chi connectivity index (χ1) is 23.2. The molecule has 248 valence electrons. The van der Waals surface area contributed by atoms with Gasteiger partial charge in [0.1, 0.15) is 9.81 Å². The topological polar surface area (TPSA) is 256 Å². The molecule has 0 saturated heterocycles. The Hall–Kier alpha value is -6.14. The Morgan fingerprint density at radius 2 is 0.959 bits per heavy atom. The second-order valence-corrected chi connectivity index (χ2v) is 13.5. The fourth-order valence-electron chi connectivity index (χ4n) is 5.06. The fourth-order valence-corrected chi connectivity index (χ4v) is 6.38. The van der Waals surface area contributed by atoms with Crippen LogP contribution in [0.25, 0.3) is 12.2 Å². The van der Waals surface area contributed by atoms with Crippen LogP contribution in [0.5, 0.6) is 0 Å². The van der Waals surface area contributed by atoms with E-state index < -0.39 is 53.0 Å². The van der Waals surface area contributed by atoms with E-state index in [0.29, 0.717) is 34.1 Å². The molecule has 2 aliphatic rings. The van der Waals surface area contributed by atoms with E-state index >= 15 is 0 Å². The molecule has 9 N–H and O–H groups in total. The maximum absolute atomic E-state index is 13.3. The Morgan fingerprint density at radius 1 is 0.551 bits per heavy atom. The zero-order chi connectivity index (χ0) is 35.1. The molecule has 0 bridgehead atoms. The number of nitrogens with zero attached hydrogens (tertiary/aromatic N) is 2. The van der Waals surface area contributed by atoms with Crippen molar-refractivity contribution in [3.63, 3.8) is 0 Å². The van der Waals surface area contributed by atoms with Crippen molar-refractivity contribution < 1.29 is 35.5 Å². The van der Waals surface area contributed by atoms with Crippen LogP contribution >= 0.6 is 0 Å². The van der Waals surface area contributed by atoms with Gasteiger partial charge in [0, 0.05) is 33.9 Å². The van der Waals surface area contributed by atoms with Gasteiger partial charge in [0.15, 0.2) is 11.4 Å². The summed E-state index contributed by atoms with van der Waals surface area (Å²) in [4.78, 5) is 25.2. The number of carbonyl (C=O) groups excluding carboxylic acids is 2. The van der Waals surface area contributed by atoms with Crippen LogP contribution in [-0.2, 0) is 20.2 Å². The number of benzene rings is 4. The second-order valence-electron chi connectivity index (χ2n) is 10.7. The highest BCUT2D eigenvalue weighted by molar-refractivity contribution is 7.91. The number of rotatable bonds is 8. The number of nitrogens with two attached hydrogens (primary N) is 2.